The van der Waals surface area contributed by atoms with E-state index >= 15 is 0 Å². The summed E-state index contributed by atoms with van der Waals surface area (Å²) in [4.78, 5) is 11.0. The van der Waals surface area contributed by atoms with Gasteiger partial charge in [-0.3, -0.25) is 4.79 Å². The maximum atomic E-state index is 11.0. The van der Waals surface area contributed by atoms with Crippen LogP contribution in [-0.2, 0) is 9.53 Å². The first-order valence-corrected chi connectivity index (χ1v) is 5.31. The van der Waals surface area contributed by atoms with Crippen LogP contribution in [0.3, 0.4) is 0 Å². The minimum atomic E-state index is 0.0459. The summed E-state index contributed by atoms with van der Waals surface area (Å²) < 4.78 is 5.55. The van der Waals surface area contributed by atoms with E-state index in [4.69, 9.17) is 4.74 Å². The van der Waals surface area contributed by atoms with Crippen molar-refractivity contribution in [2.24, 2.45) is 0 Å². The van der Waals surface area contributed by atoms with E-state index in [0.29, 0.717) is 18.7 Å². The molecular formula is C10H20N2O2. The van der Waals surface area contributed by atoms with E-state index in [2.05, 4.69) is 17.6 Å². The average molecular weight is 200 g/mol. The first-order valence-electron chi connectivity index (χ1n) is 5.31. The molecule has 0 aromatic heterocycles. The molecule has 0 spiro atoms. The number of nitrogens with one attached hydrogen (secondary N) is 2. The molecule has 4 nitrogen and oxygen atoms in total. The summed E-state index contributed by atoms with van der Waals surface area (Å²) in [6.45, 7) is 3.35. The molecule has 1 aliphatic heterocycles. The number of hydrogen-bond donors (Lipinski definition) is 2. The quantitative estimate of drug-likeness (QED) is 0.685. The SMILES string of the molecule is CCC1CC(NCC(=O)NC)CCO1. The molecule has 0 bridgehead atoms. The fourth-order valence-corrected chi connectivity index (χ4v) is 1.68. The molecule has 0 aromatic rings. The van der Waals surface area contributed by atoms with Crippen LogP contribution >= 0.6 is 0 Å². The van der Waals surface area contributed by atoms with Gasteiger partial charge >= 0.3 is 0 Å². The second kappa shape index (κ2) is 5.98. The topological polar surface area (TPSA) is 50.4 Å². The summed E-state index contributed by atoms with van der Waals surface area (Å²) in [6.07, 6.45) is 3.45. The molecule has 82 valence electrons. The van der Waals surface area contributed by atoms with E-state index in [9.17, 15) is 4.79 Å². The lowest BCUT2D eigenvalue weighted by molar-refractivity contribution is -0.120. The van der Waals surface area contributed by atoms with Gasteiger partial charge < -0.3 is 15.4 Å². The maximum absolute atomic E-state index is 11.0. The largest absolute Gasteiger partial charge is 0.378 e. The monoisotopic (exact) mass is 200 g/mol. The van der Waals surface area contributed by atoms with Crippen molar-refractivity contribution in [2.75, 3.05) is 20.2 Å². The van der Waals surface area contributed by atoms with Gasteiger partial charge in [0.2, 0.25) is 5.91 Å². The third kappa shape index (κ3) is 3.64. The third-order valence-electron chi connectivity index (χ3n) is 2.65. The van der Waals surface area contributed by atoms with Crippen LogP contribution in [0.4, 0.5) is 0 Å². The second-order valence-corrected chi connectivity index (χ2v) is 3.68. The zero-order valence-corrected chi connectivity index (χ0v) is 9.01. The van der Waals surface area contributed by atoms with Gasteiger partial charge in [-0.1, -0.05) is 6.92 Å². The molecule has 0 saturated carbocycles. The number of ether oxygens (including phenoxy) is 1. The van der Waals surface area contributed by atoms with Crippen LogP contribution in [0.2, 0.25) is 0 Å². The van der Waals surface area contributed by atoms with Crippen LogP contribution in [-0.4, -0.2) is 38.3 Å². The van der Waals surface area contributed by atoms with Crippen molar-refractivity contribution in [3.05, 3.63) is 0 Å². The van der Waals surface area contributed by atoms with Crippen molar-refractivity contribution >= 4 is 5.91 Å². The van der Waals surface area contributed by atoms with Crippen molar-refractivity contribution in [3.63, 3.8) is 0 Å². The standard InChI is InChI=1S/C10H20N2O2/c1-3-9-6-8(4-5-14-9)12-7-10(13)11-2/h8-9,12H,3-7H2,1-2H3,(H,11,13). The number of amides is 1. The lowest BCUT2D eigenvalue weighted by Gasteiger charge is -2.29. The van der Waals surface area contributed by atoms with Gasteiger partial charge in [-0.2, -0.15) is 0 Å². The smallest absolute Gasteiger partial charge is 0.233 e. The predicted molar refractivity (Wildman–Crippen MR) is 55.1 cm³/mol. The highest BCUT2D eigenvalue weighted by Gasteiger charge is 2.20. The fraction of sp³-hybridized carbons (Fsp3) is 0.900. The number of likely N-dealkylation sites (N-methyl/N-ethyl adjacent to an activating group) is 1. The Morgan fingerprint density at radius 1 is 1.57 bits per heavy atom. The van der Waals surface area contributed by atoms with Gasteiger partial charge in [0.25, 0.3) is 0 Å². The maximum Gasteiger partial charge on any atom is 0.233 e. The van der Waals surface area contributed by atoms with E-state index in [1.54, 1.807) is 7.05 Å². The summed E-state index contributed by atoms with van der Waals surface area (Å²) in [5.74, 6) is 0.0459. The number of rotatable bonds is 4. The molecule has 1 aliphatic rings. The van der Waals surface area contributed by atoms with Crippen LogP contribution in [0.15, 0.2) is 0 Å². The molecule has 0 aromatic carbocycles. The van der Waals surface area contributed by atoms with E-state index < -0.39 is 0 Å². The van der Waals surface area contributed by atoms with Crippen LogP contribution in [0.5, 0.6) is 0 Å². The molecule has 14 heavy (non-hydrogen) atoms. The molecule has 2 N–H and O–H groups in total. The number of hydrogen-bond acceptors (Lipinski definition) is 3. The Kier molecular flexibility index (Phi) is 4.90. The first kappa shape index (κ1) is 11.5. The highest BCUT2D eigenvalue weighted by Crippen LogP contribution is 2.15. The van der Waals surface area contributed by atoms with Gasteiger partial charge in [0.1, 0.15) is 0 Å². The van der Waals surface area contributed by atoms with Crippen molar-refractivity contribution in [2.45, 2.75) is 38.3 Å². The summed E-state index contributed by atoms with van der Waals surface area (Å²) in [5, 5.41) is 5.84. The Morgan fingerprint density at radius 3 is 3.00 bits per heavy atom. The Bertz CT molecular complexity index is 185. The lowest BCUT2D eigenvalue weighted by atomic mass is 10.0. The highest BCUT2D eigenvalue weighted by atomic mass is 16.5. The van der Waals surface area contributed by atoms with E-state index in [0.717, 1.165) is 25.9 Å². The number of carbonyl (C=O) groups excluding carboxylic acids is 1. The molecule has 1 rings (SSSR count). The Labute approximate surface area is 85.4 Å². The molecule has 0 aliphatic carbocycles. The van der Waals surface area contributed by atoms with Gasteiger partial charge in [-0.15, -0.1) is 0 Å². The van der Waals surface area contributed by atoms with Crippen LogP contribution in [0, 0.1) is 0 Å². The summed E-state index contributed by atoms with van der Waals surface area (Å²) in [7, 11) is 1.66. The molecule has 1 fully saturated rings. The minimum absolute atomic E-state index is 0.0459. The van der Waals surface area contributed by atoms with E-state index in [1.807, 2.05) is 0 Å². The summed E-state index contributed by atoms with van der Waals surface area (Å²) in [6, 6.07) is 0.436. The van der Waals surface area contributed by atoms with Crippen molar-refractivity contribution in [3.8, 4) is 0 Å². The predicted octanol–water partition coefficient (Wildman–Crippen LogP) is 0.280. The zero-order chi connectivity index (χ0) is 10.4. The van der Waals surface area contributed by atoms with Crippen LogP contribution in [0.25, 0.3) is 0 Å². The molecule has 1 amide bonds. The Balaban J connectivity index is 2.20. The third-order valence-corrected chi connectivity index (χ3v) is 2.65. The minimum Gasteiger partial charge on any atom is -0.378 e. The Hall–Kier alpha value is -0.610. The van der Waals surface area contributed by atoms with Crippen molar-refractivity contribution in [1.29, 1.82) is 0 Å². The van der Waals surface area contributed by atoms with Crippen molar-refractivity contribution in [1.82, 2.24) is 10.6 Å². The van der Waals surface area contributed by atoms with Gasteiger partial charge in [0, 0.05) is 19.7 Å². The summed E-state index contributed by atoms with van der Waals surface area (Å²) >= 11 is 0. The van der Waals surface area contributed by atoms with Crippen molar-refractivity contribution < 1.29 is 9.53 Å². The lowest BCUT2D eigenvalue weighted by Crippen LogP contribution is -2.43. The van der Waals surface area contributed by atoms with Gasteiger partial charge in [0.05, 0.1) is 12.6 Å². The Morgan fingerprint density at radius 2 is 2.36 bits per heavy atom. The van der Waals surface area contributed by atoms with E-state index in [1.165, 1.54) is 0 Å². The van der Waals surface area contributed by atoms with Crippen LogP contribution in [0.1, 0.15) is 26.2 Å². The fourth-order valence-electron chi connectivity index (χ4n) is 1.68. The molecular weight excluding hydrogens is 180 g/mol. The molecule has 1 saturated heterocycles. The van der Waals surface area contributed by atoms with Gasteiger partial charge in [-0.25, -0.2) is 0 Å². The molecule has 4 heteroatoms. The van der Waals surface area contributed by atoms with Crippen LogP contribution < -0.4 is 10.6 Å². The first-order chi connectivity index (χ1) is 6.76. The molecule has 2 atom stereocenters. The second-order valence-electron chi connectivity index (χ2n) is 3.68. The zero-order valence-electron chi connectivity index (χ0n) is 9.01. The normalized spacial score (nSPS) is 27.3. The number of carbonyl (C=O) groups is 1. The molecule has 0 radical (unpaired) electrons. The summed E-state index contributed by atoms with van der Waals surface area (Å²) in [5.41, 5.74) is 0. The molecule has 2 unspecified atom stereocenters. The average Bonchev–Trinajstić information content (AvgIpc) is 2.26. The van der Waals surface area contributed by atoms with Gasteiger partial charge in [-0.05, 0) is 19.3 Å². The highest BCUT2D eigenvalue weighted by molar-refractivity contribution is 5.77. The van der Waals surface area contributed by atoms with Gasteiger partial charge in [0.15, 0.2) is 0 Å². The molecule has 1 heterocycles. The van der Waals surface area contributed by atoms with E-state index in [-0.39, 0.29) is 5.91 Å².